The van der Waals surface area contributed by atoms with E-state index < -0.39 is 23.5 Å². The van der Waals surface area contributed by atoms with E-state index >= 15 is 0 Å². The van der Waals surface area contributed by atoms with Crippen molar-refractivity contribution in [3.63, 3.8) is 0 Å². The first-order valence-electron chi connectivity index (χ1n) is 11.4. The molecule has 1 atom stereocenters. The zero-order valence-corrected chi connectivity index (χ0v) is 19.0. The molecule has 33 heavy (non-hydrogen) atoms. The lowest BCUT2D eigenvalue weighted by atomic mass is 9.95. The summed E-state index contributed by atoms with van der Waals surface area (Å²) in [6.45, 7) is 6.81. The van der Waals surface area contributed by atoms with Gasteiger partial charge in [-0.25, -0.2) is 4.39 Å². The third-order valence-electron chi connectivity index (χ3n) is 6.06. The molecular formula is C26H29FN2O4. The summed E-state index contributed by atoms with van der Waals surface area (Å²) in [4.78, 5) is 30.0. The van der Waals surface area contributed by atoms with Crippen LogP contribution >= 0.6 is 0 Å². The summed E-state index contributed by atoms with van der Waals surface area (Å²) in [6, 6.07) is 11.7. The second kappa shape index (κ2) is 9.75. The van der Waals surface area contributed by atoms with Crippen LogP contribution in [0.1, 0.15) is 43.9 Å². The average Bonchev–Trinajstić information content (AvgIpc) is 3.39. The van der Waals surface area contributed by atoms with Crippen LogP contribution in [-0.4, -0.2) is 58.9 Å². The van der Waals surface area contributed by atoms with Crippen molar-refractivity contribution in [2.45, 2.75) is 38.8 Å². The number of aliphatic hydroxyl groups is 1. The van der Waals surface area contributed by atoms with Gasteiger partial charge in [-0.05, 0) is 81.7 Å². The molecule has 2 aromatic carbocycles. The van der Waals surface area contributed by atoms with Crippen LogP contribution in [0.25, 0.3) is 5.76 Å². The van der Waals surface area contributed by atoms with Gasteiger partial charge in [-0.15, -0.1) is 0 Å². The standard InChI is InChI=1S/C26H29FN2O4/c1-17(2)33-21-7-5-6-19(16-21)23-22(24(30)18-8-10-20(27)11-9-18)25(31)26(32)29(23)15-14-28-12-3-4-13-28/h5-11,16-17,23,30H,3-4,12-15H2,1-2H3/b24-22+. The molecule has 0 bridgehead atoms. The summed E-state index contributed by atoms with van der Waals surface area (Å²) >= 11 is 0. The third-order valence-corrected chi connectivity index (χ3v) is 6.06. The lowest BCUT2D eigenvalue weighted by molar-refractivity contribution is -0.140. The maximum atomic E-state index is 13.4. The summed E-state index contributed by atoms with van der Waals surface area (Å²) in [5, 5.41) is 11.1. The number of ether oxygens (including phenoxy) is 1. The van der Waals surface area contributed by atoms with Gasteiger partial charge in [0.25, 0.3) is 11.7 Å². The molecule has 0 aromatic heterocycles. The van der Waals surface area contributed by atoms with Crippen molar-refractivity contribution < 1.29 is 23.8 Å². The molecular weight excluding hydrogens is 423 g/mol. The Kier molecular flexibility index (Phi) is 6.79. The Balaban J connectivity index is 1.76. The molecule has 2 aliphatic rings. The molecule has 1 unspecified atom stereocenters. The highest BCUT2D eigenvalue weighted by atomic mass is 19.1. The molecule has 0 spiro atoms. The molecule has 7 heteroatoms. The second-order valence-corrected chi connectivity index (χ2v) is 8.79. The number of rotatable bonds is 7. The number of carbonyl (C=O) groups excluding carboxylic acids is 2. The van der Waals surface area contributed by atoms with Crippen molar-refractivity contribution in [2.75, 3.05) is 26.2 Å². The van der Waals surface area contributed by atoms with Gasteiger partial charge in [0.2, 0.25) is 0 Å². The number of benzene rings is 2. The van der Waals surface area contributed by atoms with Gasteiger partial charge in [0.15, 0.2) is 0 Å². The smallest absolute Gasteiger partial charge is 0.295 e. The van der Waals surface area contributed by atoms with Gasteiger partial charge in [-0.2, -0.15) is 0 Å². The Morgan fingerprint density at radius 1 is 1.09 bits per heavy atom. The largest absolute Gasteiger partial charge is 0.507 e. The Hall–Kier alpha value is -3.19. The maximum Gasteiger partial charge on any atom is 0.295 e. The van der Waals surface area contributed by atoms with Gasteiger partial charge < -0.3 is 19.6 Å². The summed E-state index contributed by atoms with van der Waals surface area (Å²) in [5.41, 5.74) is 0.973. The van der Waals surface area contributed by atoms with Gasteiger partial charge in [-0.1, -0.05) is 12.1 Å². The Bertz CT molecular complexity index is 1060. The SMILES string of the molecule is CC(C)Oc1cccc(C2/C(=C(\O)c3ccc(F)cc3)C(=O)C(=O)N2CCN2CCCC2)c1. The fourth-order valence-corrected chi connectivity index (χ4v) is 4.51. The highest BCUT2D eigenvalue weighted by molar-refractivity contribution is 6.46. The predicted molar refractivity (Wildman–Crippen MR) is 123 cm³/mol. The highest BCUT2D eigenvalue weighted by Crippen LogP contribution is 2.40. The van der Waals surface area contributed by atoms with Gasteiger partial charge in [0.05, 0.1) is 17.7 Å². The fraction of sp³-hybridized carbons (Fsp3) is 0.385. The number of nitrogens with zero attached hydrogens (tertiary/aromatic N) is 2. The minimum absolute atomic E-state index is 0.00901. The molecule has 1 N–H and O–H groups in total. The van der Waals surface area contributed by atoms with Crippen LogP contribution in [0, 0.1) is 5.82 Å². The molecule has 0 aliphatic carbocycles. The van der Waals surface area contributed by atoms with Crippen molar-refractivity contribution in [3.8, 4) is 5.75 Å². The third kappa shape index (κ3) is 4.93. The predicted octanol–water partition coefficient (Wildman–Crippen LogP) is 4.13. The van der Waals surface area contributed by atoms with Crippen molar-refractivity contribution in [1.82, 2.24) is 9.80 Å². The first-order valence-corrected chi connectivity index (χ1v) is 11.4. The number of hydrogen-bond acceptors (Lipinski definition) is 5. The Labute approximate surface area is 193 Å². The van der Waals surface area contributed by atoms with Crippen LogP contribution < -0.4 is 4.74 Å². The Morgan fingerprint density at radius 3 is 2.45 bits per heavy atom. The van der Waals surface area contributed by atoms with E-state index in [0.717, 1.165) is 25.9 Å². The van der Waals surface area contributed by atoms with Crippen molar-refractivity contribution in [1.29, 1.82) is 0 Å². The van der Waals surface area contributed by atoms with Gasteiger partial charge >= 0.3 is 0 Å². The van der Waals surface area contributed by atoms with Crippen LogP contribution in [0.5, 0.6) is 5.75 Å². The molecule has 2 aliphatic heterocycles. The lowest BCUT2D eigenvalue weighted by Crippen LogP contribution is -2.37. The van der Waals surface area contributed by atoms with Crippen molar-refractivity contribution >= 4 is 17.4 Å². The number of aliphatic hydroxyl groups excluding tert-OH is 1. The molecule has 6 nitrogen and oxygen atoms in total. The molecule has 2 saturated heterocycles. The normalized spacial score (nSPS) is 20.7. The number of halogens is 1. The molecule has 174 valence electrons. The van der Waals surface area contributed by atoms with E-state index in [4.69, 9.17) is 4.74 Å². The molecule has 2 aromatic rings. The monoisotopic (exact) mass is 452 g/mol. The van der Waals surface area contributed by atoms with E-state index in [1.165, 1.54) is 29.2 Å². The van der Waals surface area contributed by atoms with E-state index in [-0.39, 0.29) is 23.0 Å². The highest BCUT2D eigenvalue weighted by Gasteiger charge is 2.46. The molecule has 0 saturated carbocycles. The number of carbonyl (C=O) groups is 2. The van der Waals surface area contributed by atoms with E-state index in [9.17, 15) is 19.1 Å². The minimum Gasteiger partial charge on any atom is -0.507 e. The van der Waals surface area contributed by atoms with E-state index in [2.05, 4.69) is 4.90 Å². The van der Waals surface area contributed by atoms with Crippen LogP contribution in [0.4, 0.5) is 4.39 Å². The van der Waals surface area contributed by atoms with E-state index in [0.29, 0.717) is 24.4 Å². The molecule has 4 rings (SSSR count). The fourth-order valence-electron chi connectivity index (χ4n) is 4.51. The van der Waals surface area contributed by atoms with Gasteiger partial charge in [-0.3, -0.25) is 9.59 Å². The molecule has 2 fully saturated rings. The average molecular weight is 453 g/mol. The number of likely N-dealkylation sites (tertiary alicyclic amines) is 2. The number of amides is 1. The van der Waals surface area contributed by atoms with Gasteiger partial charge in [0.1, 0.15) is 17.3 Å². The number of hydrogen-bond donors (Lipinski definition) is 1. The summed E-state index contributed by atoms with van der Waals surface area (Å²) in [6.07, 6.45) is 2.21. The van der Waals surface area contributed by atoms with Gasteiger partial charge in [0, 0.05) is 18.7 Å². The lowest BCUT2D eigenvalue weighted by Gasteiger charge is -2.27. The van der Waals surface area contributed by atoms with Crippen LogP contribution in [0.3, 0.4) is 0 Å². The molecule has 1 amide bonds. The summed E-state index contributed by atoms with van der Waals surface area (Å²) in [5.74, 6) is -1.52. The topological polar surface area (TPSA) is 70.1 Å². The quantitative estimate of drug-likeness (QED) is 0.389. The second-order valence-electron chi connectivity index (χ2n) is 8.79. The summed E-state index contributed by atoms with van der Waals surface area (Å²) in [7, 11) is 0. The molecule has 0 radical (unpaired) electrons. The minimum atomic E-state index is -0.756. The van der Waals surface area contributed by atoms with Crippen LogP contribution in [0.2, 0.25) is 0 Å². The zero-order chi connectivity index (χ0) is 23.5. The Morgan fingerprint density at radius 2 is 1.79 bits per heavy atom. The van der Waals surface area contributed by atoms with E-state index in [1.807, 2.05) is 32.0 Å². The van der Waals surface area contributed by atoms with Crippen molar-refractivity contribution in [2.24, 2.45) is 0 Å². The number of ketones is 1. The summed E-state index contributed by atoms with van der Waals surface area (Å²) < 4.78 is 19.2. The number of Topliss-reactive ketones (excluding diaryl/α,β-unsaturated/α-hetero) is 1. The first kappa shape index (κ1) is 23.0. The first-order chi connectivity index (χ1) is 15.8. The van der Waals surface area contributed by atoms with E-state index in [1.54, 1.807) is 6.07 Å². The van der Waals surface area contributed by atoms with Crippen LogP contribution in [-0.2, 0) is 9.59 Å². The van der Waals surface area contributed by atoms with Crippen LogP contribution in [0.15, 0.2) is 54.1 Å². The molecule has 2 heterocycles. The zero-order valence-electron chi connectivity index (χ0n) is 19.0. The maximum absolute atomic E-state index is 13.4. The van der Waals surface area contributed by atoms with Crippen molar-refractivity contribution in [3.05, 3.63) is 71.0 Å².